The van der Waals surface area contributed by atoms with E-state index < -0.39 is 45.1 Å². The normalized spacial score (nSPS) is 13.9. The summed E-state index contributed by atoms with van der Waals surface area (Å²) in [4.78, 5) is 8.96. The molecule has 0 amide bonds. The van der Waals surface area contributed by atoms with E-state index in [1.807, 2.05) is 0 Å². The fourth-order valence-corrected chi connectivity index (χ4v) is 4.57. The topological polar surface area (TPSA) is 87.7 Å². The summed E-state index contributed by atoms with van der Waals surface area (Å²) in [6.07, 6.45) is -8.02. The lowest BCUT2D eigenvalue weighted by atomic mass is 10.1. The predicted molar refractivity (Wildman–Crippen MR) is 128 cm³/mol. The molecule has 2 heterocycles. The molecule has 0 fully saturated rings. The molecule has 1 aliphatic heterocycles. The van der Waals surface area contributed by atoms with Gasteiger partial charge in [-0.3, -0.25) is 4.31 Å². The van der Waals surface area contributed by atoms with Gasteiger partial charge in [0.25, 0.3) is 0 Å². The highest BCUT2D eigenvalue weighted by Gasteiger charge is 2.39. The van der Waals surface area contributed by atoms with Crippen molar-refractivity contribution in [1.29, 1.82) is 0 Å². The van der Waals surface area contributed by atoms with Crippen molar-refractivity contribution < 1.29 is 39.5 Å². The molecule has 1 N–H and O–H groups in total. The molecule has 0 saturated heterocycles. The minimum atomic E-state index is -4.83. The maximum atomic E-state index is 13.9. The number of sulfonamides is 1. The lowest BCUT2D eigenvalue weighted by molar-refractivity contribution is -0.139. The van der Waals surface area contributed by atoms with Crippen LogP contribution in [0.1, 0.15) is 22.3 Å². The number of hydrogen-bond acceptors (Lipinski definition) is 7. The van der Waals surface area contributed by atoms with E-state index in [1.54, 1.807) is 18.2 Å². The Bertz CT molecular complexity index is 1480. The molecule has 3 aromatic rings. The molecule has 0 saturated carbocycles. The summed E-state index contributed by atoms with van der Waals surface area (Å²) in [6, 6.07) is 7.85. The van der Waals surface area contributed by atoms with E-state index in [4.69, 9.17) is 4.74 Å². The van der Waals surface area contributed by atoms with Gasteiger partial charge in [0, 0.05) is 37.6 Å². The monoisotopic (exact) mass is 561 g/mol. The zero-order valence-corrected chi connectivity index (χ0v) is 21.0. The largest absolute Gasteiger partial charge is 0.496 e. The van der Waals surface area contributed by atoms with Gasteiger partial charge in [-0.15, -0.1) is 0 Å². The number of anilines is 4. The molecule has 0 bridgehead atoms. The third-order valence-electron chi connectivity index (χ3n) is 5.93. The number of benzene rings is 2. The van der Waals surface area contributed by atoms with Gasteiger partial charge in [-0.25, -0.2) is 13.4 Å². The number of methoxy groups -OCH3 is 1. The van der Waals surface area contributed by atoms with E-state index in [0.29, 0.717) is 23.0 Å². The highest BCUT2D eigenvalue weighted by Crippen LogP contribution is 2.41. The van der Waals surface area contributed by atoms with Crippen LogP contribution in [0.5, 0.6) is 5.75 Å². The van der Waals surface area contributed by atoms with Crippen LogP contribution < -0.4 is 19.3 Å². The molecule has 0 spiro atoms. The molecule has 0 aliphatic carbocycles. The Morgan fingerprint density at radius 2 is 1.71 bits per heavy atom. The van der Waals surface area contributed by atoms with Crippen LogP contribution in [0, 0.1) is 0 Å². The standard InChI is InChI=1S/C23H21F6N5O3S/c1-33(38(3,35)36)18-6-4-5-13-11-34(12-15(13)18)20-17(23(27,28)29)10-30-21(32-20)31-14-7-8-19(37-2)16(9-14)22(24,25)26/h4-10H,11-12H2,1-3H3,(H,30,31,32). The van der Waals surface area contributed by atoms with Crippen LogP contribution in [0.3, 0.4) is 0 Å². The molecule has 0 radical (unpaired) electrons. The molecule has 15 heteroatoms. The lowest BCUT2D eigenvalue weighted by Crippen LogP contribution is -2.26. The number of ether oxygens (including phenoxy) is 1. The van der Waals surface area contributed by atoms with Crippen molar-refractivity contribution >= 4 is 33.2 Å². The van der Waals surface area contributed by atoms with Crippen molar-refractivity contribution in [2.45, 2.75) is 25.4 Å². The minimum absolute atomic E-state index is 0.0128. The quantitative estimate of drug-likeness (QED) is 0.415. The van der Waals surface area contributed by atoms with Crippen molar-refractivity contribution in [2.75, 3.05) is 34.9 Å². The van der Waals surface area contributed by atoms with Gasteiger partial charge < -0.3 is 15.0 Å². The number of fused-ring (bicyclic) bond motifs is 1. The fraction of sp³-hybridized carbons (Fsp3) is 0.304. The average Bonchev–Trinajstić information content (AvgIpc) is 3.26. The van der Waals surface area contributed by atoms with Crippen LogP contribution in [0.4, 0.5) is 49.5 Å². The number of rotatable bonds is 6. The van der Waals surface area contributed by atoms with Gasteiger partial charge in [0.05, 0.1) is 24.6 Å². The summed E-state index contributed by atoms with van der Waals surface area (Å²) in [7, 11) is -1.22. The molecule has 8 nitrogen and oxygen atoms in total. The van der Waals surface area contributed by atoms with E-state index >= 15 is 0 Å². The first-order valence-corrected chi connectivity index (χ1v) is 12.7. The van der Waals surface area contributed by atoms with Gasteiger partial charge in [0.2, 0.25) is 16.0 Å². The number of nitrogens with zero attached hydrogens (tertiary/aromatic N) is 4. The molecule has 1 aliphatic rings. The van der Waals surface area contributed by atoms with Crippen LogP contribution in [-0.4, -0.2) is 38.8 Å². The van der Waals surface area contributed by atoms with Crippen LogP contribution in [-0.2, 0) is 35.5 Å². The summed E-state index contributed by atoms with van der Waals surface area (Å²) in [5, 5.41) is 2.52. The van der Waals surface area contributed by atoms with Crippen molar-refractivity contribution in [1.82, 2.24) is 9.97 Å². The second-order valence-corrected chi connectivity index (χ2v) is 10.5. The molecule has 38 heavy (non-hydrogen) atoms. The van der Waals surface area contributed by atoms with Gasteiger partial charge in [0.1, 0.15) is 17.1 Å². The molecule has 2 aromatic carbocycles. The van der Waals surface area contributed by atoms with Gasteiger partial charge >= 0.3 is 12.4 Å². The first-order chi connectivity index (χ1) is 17.6. The zero-order chi connectivity index (χ0) is 28.0. The molecule has 0 atom stereocenters. The first kappa shape index (κ1) is 27.3. The smallest absolute Gasteiger partial charge is 0.421 e. The van der Waals surface area contributed by atoms with Crippen molar-refractivity contribution in [3.8, 4) is 5.75 Å². The number of halogens is 6. The fourth-order valence-electron chi connectivity index (χ4n) is 4.04. The maximum absolute atomic E-state index is 13.9. The predicted octanol–water partition coefficient (Wildman–Crippen LogP) is 5.18. The van der Waals surface area contributed by atoms with Crippen LogP contribution in [0.25, 0.3) is 0 Å². The third-order valence-corrected chi connectivity index (χ3v) is 7.12. The first-order valence-electron chi connectivity index (χ1n) is 10.9. The maximum Gasteiger partial charge on any atom is 0.421 e. The van der Waals surface area contributed by atoms with Gasteiger partial charge in [-0.2, -0.15) is 31.3 Å². The van der Waals surface area contributed by atoms with E-state index in [2.05, 4.69) is 15.3 Å². The van der Waals surface area contributed by atoms with Crippen LogP contribution in [0.2, 0.25) is 0 Å². The number of alkyl halides is 6. The third kappa shape index (κ3) is 5.42. The highest BCUT2D eigenvalue weighted by atomic mass is 32.2. The molecular formula is C23H21F6N5O3S. The van der Waals surface area contributed by atoms with Gasteiger partial charge in [-0.05, 0) is 29.8 Å². The zero-order valence-electron chi connectivity index (χ0n) is 20.1. The molecule has 0 unspecified atom stereocenters. The summed E-state index contributed by atoms with van der Waals surface area (Å²) >= 11 is 0. The Morgan fingerprint density at radius 1 is 1.03 bits per heavy atom. The lowest BCUT2D eigenvalue weighted by Gasteiger charge is -2.23. The summed E-state index contributed by atoms with van der Waals surface area (Å²) in [5.41, 5.74) is -0.943. The van der Waals surface area contributed by atoms with E-state index in [0.717, 1.165) is 29.8 Å². The molecule has 204 valence electrons. The van der Waals surface area contributed by atoms with Gasteiger partial charge in [-0.1, -0.05) is 12.1 Å². The van der Waals surface area contributed by atoms with Gasteiger partial charge in [0.15, 0.2) is 0 Å². The molecule has 1 aromatic heterocycles. The Balaban J connectivity index is 1.72. The minimum Gasteiger partial charge on any atom is -0.496 e. The Labute approximate surface area is 213 Å². The van der Waals surface area contributed by atoms with Crippen molar-refractivity contribution in [2.24, 2.45) is 0 Å². The summed E-state index contributed by atoms with van der Waals surface area (Å²) in [6.45, 7) is -0.104. The van der Waals surface area contributed by atoms with E-state index in [-0.39, 0.29) is 24.7 Å². The second kappa shape index (κ2) is 9.53. The van der Waals surface area contributed by atoms with Crippen molar-refractivity contribution in [3.05, 3.63) is 64.8 Å². The van der Waals surface area contributed by atoms with Crippen molar-refractivity contribution in [3.63, 3.8) is 0 Å². The Kier molecular flexibility index (Phi) is 6.84. The summed E-state index contributed by atoms with van der Waals surface area (Å²) < 4.78 is 112. The SMILES string of the molecule is COc1ccc(Nc2ncc(C(F)(F)F)c(N3Cc4cccc(N(C)S(C)(=O)=O)c4C3)n2)cc1C(F)(F)F. The Hall–Kier alpha value is -3.75. The number of aromatic nitrogens is 2. The van der Waals surface area contributed by atoms with E-state index in [1.165, 1.54) is 18.0 Å². The highest BCUT2D eigenvalue weighted by molar-refractivity contribution is 7.92. The van der Waals surface area contributed by atoms with Crippen LogP contribution >= 0.6 is 0 Å². The van der Waals surface area contributed by atoms with Crippen LogP contribution in [0.15, 0.2) is 42.6 Å². The second-order valence-electron chi connectivity index (χ2n) is 8.47. The van der Waals surface area contributed by atoms with E-state index in [9.17, 15) is 34.8 Å². The molecule has 4 rings (SSSR count). The molecular weight excluding hydrogens is 540 g/mol. The number of hydrogen-bond donors (Lipinski definition) is 1. The average molecular weight is 562 g/mol. The number of nitrogens with one attached hydrogen (secondary N) is 1. The summed E-state index contributed by atoms with van der Waals surface area (Å²) in [5.74, 6) is -1.30. The Morgan fingerprint density at radius 3 is 2.32 bits per heavy atom.